The summed E-state index contributed by atoms with van der Waals surface area (Å²) < 4.78 is 5.49. The number of nitrogens with one attached hydrogen (secondary N) is 1. The molecule has 28 heavy (non-hydrogen) atoms. The van der Waals surface area contributed by atoms with Crippen molar-refractivity contribution < 1.29 is 14.6 Å². The van der Waals surface area contributed by atoms with Gasteiger partial charge in [0.2, 0.25) is 0 Å². The Morgan fingerprint density at radius 3 is 2.86 bits per heavy atom. The summed E-state index contributed by atoms with van der Waals surface area (Å²) in [6.07, 6.45) is 2.30. The Morgan fingerprint density at radius 2 is 2.14 bits per heavy atom. The Hall–Kier alpha value is -2.51. The number of ether oxygens (including phenoxy) is 1. The molecule has 2 heterocycles. The molecule has 0 bridgehead atoms. The molecule has 0 amide bonds. The summed E-state index contributed by atoms with van der Waals surface area (Å²) in [4.78, 5) is 34.4. The number of aromatic nitrogens is 2. The van der Waals surface area contributed by atoms with Gasteiger partial charge in [-0.15, -0.1) is 11.3 Å². The van der Waals surface area contributed by atoms with Crippen molar-refractivity contribution in [2.45, 2.75) is 45.8 Å². The number of nitrogens with zero attached hydrogens (tertiary/aromatic N) is 1. The van der Waals surface area contributed by atoms with Crippen LogP contribution in [0.3, 0.4) is 0 Å². The van der Waals surface area contributed by atoms with E-state index in [1.54, 1.807) is 42.5 Å². The lowest BCUT2D eigenvalue weighted by atomic mass is 9.89. The Morgan fingerprint density at radius 1 is 1.39 bits per heavy atom. The first-order valence-electron chi connectivity index (χ1n) is 9.41. The minimum Gasteiger partial charge on any atom is -0.451 e. The highest BCUT2D eigenvalue weighted by molar-refractivity contribution is 7.18. The molecule has 0 fully saturated rings. The van der Waals surface area contributed by atoms with Crippen molar-refractivity contribution in [3.05, 3.63) is 62.0 Å². The van der Waals surface area contributed by atoms with E-state index in [0.29, 0.717) is 27.5 Å². The number of carbonyl (C=O) groups excluding carboxylic acids is 1. The highest BCUT2D eigenvalue weighted by Gasteiger charge is 2.24. The number of aliphatic hydroxyl groups is 1. The lowest BCUT2D eigenvalue weighted by Gasteiger charge is -2.17. The molecule has 2 N–H and O–H groups in total. The summed E-state index contributed by atoms with van der Waals surface area (Å²) in [5.41, 5.74) is 2.07. The lowest BCUT2D eigenvalue weighted by Crippen LogP contribution is -2.18. The molecule has 6 nitrogen and oxygen atoms in total. The summed E-state index contributed by atoms with van der Waals surface area (Å²) in [7, 11) is 0. The number of thiophene rings is 1. The van der Waals surface area contributed by atoms with Crippen molar-refractivity contribution in [3.8, 4) is 0 Å². The molecule has 4 rings (SSSR count). The number of benzene rings is 1. The number of aryl methyl sites for hydroxylation is 1. The minimum atomic E-state index is -0.680. The average molecular weight is 398 g/mol. The molecule has 146 valence electrons. The molecule has 0 unspecified atom stereocenters. The maximum Gasteiger partial charge on any atom is 0.338 e. The van der Waals surface area contributed by atoms with E-state index in [4.69, 9.17) is 9.84 Å². The molecule has 0 spiro atoms. The molecule has 1 aromatic carbocycles. The van der Waals surface area contributed by atoms with Crippen molar-refractivity contribution in [1.29, 1.82) is 0 Å². The molecular formula is C21H22N2O4S. The second kappa shape index (κ2) is 7.48. The van der Waals surface area contributed by atoms with Gasteiger partial charge in [-0.05, 0) is 55.4 Å². The normalized spacial score (nSPS) is 17.3. The topological polar surface area (TPSA) is 92.3 Å². The molecule has 0 radical (unpaired) electrons. The number of rotatable bonds is 4. The first-order valence-corrected chi connectivity index (χ1v) is 10.2. The number of aliphatic hydroxyl groups excluding tert-OH is 1. The van der Waals surface area contributed by atoms with Gasteiger partial charge in [-0.3, -0.25) is 4.79 Å². The molecular weight excluding hydrogens is 376 g/mol. The van der Waals surface area contributed by atoms with E-state index in [9.17, 15) is 9.59 Å². The Bertz CT molecular complexity index is 1080. The van der Waals surface area contributed by atoms with Crippen LogP contribution in [0.1, 0.15) is 58.6 Å². The fourth-order valence-electron chi connectivity index (χ4n) is 3.59. The monoisotopic (exact) mass is 398 g/mol. The third-order valence-corrected chi connectivity index (χ3v) is 6.37. The molecule has 1 aliphatic rings. The number of carbonyl (C=O) groups is 1. The van der Waals surface area contributed by atoms with Crippen LogP contribution in [0.4, 0.5) is 0 Å². The molecule has 7 heteroatoms. The summed E-state index contributed by atoms with van der Waals surface area (Å²) >= 11 is 1.57. The van der Waals surface area contributed by atoms with Crippen LogP contribution in [0.15, 0.2) is 29.1 Å². The van der Waals surface area contributed by atoms with Crippen LogP contribution in [0.5, 0.6) is 0 Å². The molecule has 0 aliphatic heterocycles. The summed E-state index contributed by atoms with van der Waals surface area (Å²) in [6.45, 7) is 3.84. The number of esters is 1. The zero-order valence-corrected chi connectivity index (χ0v) is 16.6. The van der Waals surface area contributed by atoms with E-state index >= 15 is 0 Å². The van der Waals surface area contributed by atoms with Gasteiger partial charge in [-0.1, -0.05) is 19.1 Å². The van der Waals surface area contributed by atoms with Crippen molar-refractivity contribution in [2.75, 3.05) is 0 Å². The van der Waals surface area contributed by atoms with Crippen molar-refractivity contribution in [1.82, 2.24) is 9.97 Å². The van der Waals surface area contributed by atoms with Crippen LogP contribution in [-0.2, 0) is 24.2 Å². The number of hydrogen-bond donors (Lipinski definition) is 2. The highest BCUT2D eigenvalue weighted by atomic mass is 32.1. The third-order valence-electron chi connectivity index (χ3n) is 5.22. The predicted octanol–water partition coefficient (Wildman–Crippen LogP) is 3.52. The van der Waals surface area contributed by atoms with E-state index in [1.807, 2.05) is 0 Å². The molecule has 2 atom stereocenters. The Kier molecular flexibility index (Phi) is 5.03. The van der Waals surface area contributed by atoms with Gasteiger partial charge in [0.05, 0.1) is 17.6 Å². The average Bonchev–Trinajstić information content (AvgIpc) is 3.05. The van der Waals surface area contributed by atoms with Gasteiger partial charge in [0, 0.05) is 4.88 Å². The first kappa shape index (κ1) is 18.8. The fourth-order valence-corrected chi connectivity index (χ4v) is 4.98. The van der Waals surface area contributed by atoms with Gasteiger partial charge in [0.25, 0.3) is 5.56 Å². The van der Waals surface area contributed by atoms with Crippen molar-refractivity contribution in [3.63, 3.8) is 0 Å². The summed E-state index contributed by atoms with van der Waals surface area (Å²) in [5, 5.41) is 9.78. The summed E-state index contributed by atoms with van der Waals surface area (Å²) in [5.74, 6) is 0.472. The predicted molar refractivity (Wildman–Crippen MR) is 108 cm³/mol. The van der Waals surface area contributed by atoms with Gasteiger partial charge >= 0.3 is 5.97 Å². The molecule has 1 aliphatic carbocycles. The molecule has 0 saturated carbocycles. The maximum absolute atomic E-state index is 12.7. The fraction of sp³-hybridized carbons (Fsp3) is 0.381. The highest BCUT2D eigenvalue weighted by Crippen LogP contribution is 2.36. The van der Waals surface area contributed by atoms with Crippen LogP contribution in [0, 0.1) is 5.92 Å². The maximum atomic E-state index is 12.7. The second-order valence-electron chi connectivity index (χ2n) is 7.39. The Labute approximate surface area is 166 Å². The van der Waals surface area contributed by atoms with Gasteiger partial charge in [0.15, 0.2) is 11.9 Å². The largest absolute Gasteiger partial charge is 0.451 e. The smallest absolute Gasteiger partial charge is 0.338 e. The SMILES string of the molecule is C[C@@H]1CCc2c(sc3nc([C@H](C)OC(=O)c4ccc(CO)cc4)[nH]c(=O)c23)C1. The Balaban J connectivity index is 1.59. The molecule has 2 aromatic heterocycles. The standard InChI is InChI=1S/C21H22N2O4S/c1-11-3-8-15-16(9-11)28-20-17(15)19(25)22-18(23-20)12(2)27-21(26)14-6-4-13(10-24)5-7-14/h4-7,11-12,24H,3,8-10H2,1-2H3,(H,22,23,25)/t11-,12+/m1/s1. The van der Waals surface area contributed by atoms with Crippen LogP contribution < -0.4 is 5.56 Å². The number of aromatic amines is 1. The van der Waals surface area contributed by atoms with E-state index in [1.165, 1.54) is 4.88 Å². The number of hydrogen-bond acceptors (Lipinski definition) is 6. The second-order valence-corrected chi connectivity index (χ2v) is 8.47. The van der Waals surface area contributed by atoms with E-state index in [0.717, 1.165) is 30.4 Å². The van der Waals surface area contributed by atoms with Gasteiger partial charge in [-0.2, -0.15) is 0 Å². The summed E-state index contributed by atoms with van der Waals surface area (Å²) in [6, 6.07) is 6.55. The van der Waals surface area contributed by atoms with Crippen LogP contribution in [-0.4, -0.2) is 21.0 Å². The van der Waals surface area contributed by atoms with E-state index < -0.39 is 12.1 Å². The number of fused-ring (bicyclic) bond motifs is 3. The molecule has 0 saturated heterocycles. The van der Waals surface area contributed by atoms with E-state index in [-0.39, 0.29) is 12.2 Å². The lowest BCUT2D eigenvalue weighted by molar-refractivity contribution is 0.0320. The van der Waals surface area contributed by atoms with Crippen LogP contribution in [0.2, 0.25) is 0 Å². The first-order chi connectivity index (χ1) is 13.5. The van der Waals surface area contributed by atoms with Crippen LogP contribution in [0.25, 0.3) is 10.2 Å². The quantitative estimate of drug-likeness (QED) is 0.656. The third kappa shape index (κ3) is 3.47. The number of H-pyrrole nitrogens is 1. The minimum absolute atomic E-state index is 0.0829. The van der Waals surface area contributed by atoms with E-state index in [2.05, 4.69) is 16.9 Å². The zero-order chi connectivity index (χ0) is 19.8. The zero-order valence-electron chi connectivity index (χ0n) is 15.8. The van der Waals surface area contributed by atoms with Gasteiger partial charge in [0.1, 0.15) is 4.83 Å². The molecule has 3 aromatic rings. The van der Waals surface area contributed by atoms with Crippen molar-refractivity contribution in [2.24, 2.45) is 5.92 Å². The van der Waals surface area contributed by atoms with Crippen LogP contribution >= 0.6 is 11.3 Å². The van der Waals surface area contributed by atoms with Crippen molar-refractivity contribution >= 4 is 27.5 Å². The van der Waals surface area contributed by atoms with Gasteiger partial charge in [-0.25, -0.2) is 9.78 Å². The van der Waals surface area contributed by atoms with Gasteiger partial charge < -0.3 is 14.8 Å².